The van der Waals surface area contributed by atoms with E-state index in [4.69, 9.17) is 4.74 Å². The number of aliphatic hydroxyl groups is 2. The Morgan fingerprint density at radius 3 is 2.83 bits per heavy atom. The number of methoxy groups -OCH3 is 1. The van der Waals surface area contributed by atoms with Gasteiger partial charge in [-0.05, 0) is 37.0 Å². The summed E-state index contributed by atoms with van der Waals surface area (Å²) in [6.45, 7) is 0.990. The molecule has 1 atom stereocenters. The van der Waals surface area contributed by atoms with Crippen LogP contribution in [0.25, 0.3) is 0 Å². The van der Waals surface area contributed by atoms with Crippen molar-refractivity contribution < 1.29 is 14.9 Å². The first-order chi connectivity index (χ1) is 8.63. The predicted molar refractivity (Wildman–Crippen MR) is 69.6 cm³/mol. The lowest BCUT2D eigenvalue weighted by Gasteiger charge is -2.37. The van der Waals surface area contributed by atoms with Crippen LogP contribution in [0.2, 0.25) is 0 Å². The molecule has 1 saturated carbocycles. The third kappa shape index (κ3) is 3.22. The van der Waals surface area contributed by atoms with Gasteiger partial charge in [0, 0.05) is 13.1 Å². The van der Waals surface area contributed by atoms with E-state index in [-0.39, 0.29) is 0 Å². The number of rotatable bonds is 6. The van der Waals surface area contributed by atoms with Crippen LogP contribution in [0.1, 0.15) is 30.9 Å². The van der Waals surface area contributed by atoms with Crippen molar-refractivity contribution in [3.8, 4) is 5.75 Å². The van der Waals surface area contributed by atoms with Crippen LogP contribution >= 0.6 is 0 Å². The number of nitrogens with one attached hydrogen (secondary N) is 1. The third-order valence-electron chi connectivity index (χ3n) is 3.55. The van der Waals surface area contributed by atoms with Crippen molar-refractivity contribution in [1.82, 2.24) is 5.32 Å². The van der Waals surface area contributed by atoms with Crippen LogP contribution in [0.3, 0.4) is 0 Å². The van der Waals surface area contributed by atoms with Gasteiger partial charge in [0.2, 0.25) is 0 Å². The summed E-state index contributed by atoms with van der Waals surface area (Å²) in [6.07, 6.45) is 2.23. The van der Waals surface area contributed by atoms with E-state index in [1.54, 1.807) is 7.11 Å². The van der Waals surface area contributed by atoms with Crippen molar-refractivity contribution >= 4 is 0 Å². The van der Waals surface area contributed by atoms with Crippen LogP contribution in [0.4, 0.5) is 0 Å². The van der Waals surface area contributed by atoms with Crippen LogP contribution in [0.15, 0.2) is 24.3 Å². The van der Waals surface area contributed by atoms with Crippen molar-refractivity contribution in [2.24, 2.45) is 0 Å². The highest BCUT2D eigenvalue weighted by Crippen LogP contribution is 2.30. The smallest absolute Gasteiger partial charge is 0.119 e. The van der Waals surface area contributed by atoms with E-state index in [1.807, 2.05) is 24.3 Å². The largest absolute Gasteiger partial charge is 0.497 e. The molecular formula is C14H21NO3. The number of ether oxygens (including phenoxy) is 1. The minimum Gasteiger partial charge on any atom is -0.497 e. The van der Waals surface area contributed by atoms with Gasteiger partial charge in [0.25, 0.3) is 0 Å². The molecule has 100 valence electrons. The van der Waals surface area contributed by atoms with Gasteiger partial charge in [0.05, 0.1) is 18.8 Å². The van der Waals surface area contributed by atoms with Gasteiger partial charge < -0.3 is 20.3 Å². The lowest BCUT2D eigenvalue weighted by atomic mass is 9.80. The Labute approximate surface area is 108 Å². The Morgan fingerprint density at radius 2 is 2.22 bits per heavy atom. The maximum atomic E-state index is 10.0. The quantitative estimate of drug-likeness (QED) is 0.711. The summed E-state index contributed by atoms with van der Waals surface area (Å²) in [4.78, 5) is 0. The second-order valence-electron chi connectivity index (χ2n) is 5.00. The van der Waals surface area contributed by atoms with E-state index < -0.39 is 11.7 Å². The highest BCUT2D eigenvalue weighted by Gasteiger charge is 2.33. The average Bonchev–Trinajstić information content (AvgIpc) is 2.36. The topological polar surface area (TPSA) is 61.7 Å². The normalized spacial score (nSPS) is 19.1. The number of benzene rings is 1. The molecule has 3 N–H and O–H groups in total. The van der Waals surface area contributed by atoms with Crippen LogP contribution in [-0.4, -0.2) is 36.0 Å². The van der Waals surface area contributed by atoms with Gasteiger partial charge in [-0.1, -0.05) is 12.1 Å². The first-order valence-electron chi connectivity index (χ1n) is 6.38. The lowest BCUT2D eigenvalue weighted by Crippen LogP contribution is -2.46. The van der Waals surface area contributed by atoms with Crippen molar-refractivity contribution in [1.29, 1.82) is 0 Å². The zero-order chi connectivity index (χ0) is 13.0. The van der Waals surface area contributed by atoms with Crippen LogP contribution in [0.5, 0.6) is 5.75 Å². The molecule has 0 heterocycles. The van der Waals surface area contributed by atoms with E-state index >= 15 is 0 Å². The number of aliphatic hydroxyl groups excluding tert-OH is 1. The van der Waals surface area contributed by atoms with Crippen LogP contribution in [0, 0.1) is 0 Å². The Bertz CT molecular complexity index is 390. The molecular weight excluding hydrogens is 230 g/mol. The molecule has 0 aromatic heterocycles. The SMILES string of the molecule is COc1cccc(C(O)CNCC2(O)CCC2)c1. The Morgan fingerprint density at radius 1 is 1.44 bits per heavy atom. The van der Waals surface area contributed by atoms with Crippen molar-refractivity contribution in [3.05, 3.63) is 29.8 Å². The molecule has 0 radical (unpaired) electrons. The Hall–Kier alpha value is -1.10. The average molecular weight is 251 g/mol. The molecule has 0 saturated heterocycles. The summed E-state index contributed by atoms with van der Waals surface area (Å²) in [7, 11) is 1.61. The molecule has 0 spiro atoms. The van der Waals surface area contributed by atoms with Crippen LogP contribution < -0.4 is 10.1 Å². The van der Waals surface area contributed by atoms with E-state index in [1.165, 1.54) is 0 Å². The predicted octanol–water partition coefficient (Wildman–Crippen LogP) is 1.23. The van der Waals surface area contributed by atoms with Crippen molar-refractivity contribution in [2.45, 2.75) is 31.0 Å². The van der Waals surface area contributed by atoms with Gasteiger partial charge in [-0.15, -0.1) is 0 Å². The molecule has 4 heteroatoms. The fraction of sp³-hybridized carbons (Fsp3) is 0.571. The second-order valence-corrected chi connectivity index (χ2v) is 5.00. The van der Waals surface area contributed by atoms with E-state index in [2.05, 4.69) is 5.32 Å². The van der Waals surface area contributed by atoms with Crippen LogP contribution in [-0.2, 0) is 0 Å². The number of hydrogen-bond acceptors (Lipinski definition) is 4. The van der Waals surface area contributed by atoms with Gasteiger partial charge in [0.15, 0.2) is 0 Å². The monoisotopic (exact) mass is 251 g/mol. The molecule has 0 bridgehead atoms. The summed E-state index contributed by atoms with van der Waals surface area (Å²) in [5, 5.41) is 23.1. The molecule has 0 amide bonds. The standard InChI is InChI=1S/C14H21NO3/c1-18-12-5-2-4-11(8-12)13(16)9-15-10-14(17)6-3-7-14/h2,4-5,8,13,15-17H,3,6-7,9-10H2,1H3. The maximum absolute atomic E-state index is 10.0. The first-order valence-corrected chi connectivity index (χ1v) is 6.38. The minimum absolute atomic E-state index is 0.440. The van der Waals surface area contributed by atoms with E-state index in [0.29, 0.717) is 13.1 Å². The summed E-state index contributed by atoms with van der Waals surface area (Å²) >= 11 is 0. The molecule has 18 heavy (non-hydrogen) atoms. The molecule has 4 nitrogen and oxygen atoms in total. The van der Waals surface area contributed by atoms with Gasteiger partial charge in [-0.25, -0.2) is 0 Å². The maximum Gasteiger partial charge on any atom is 0.119 e. The molecule has 1 aromatic carbocycles. The molecule has 2 rings (SSSR count). The van der Waals surface area contributed by atoms with Crippen molar-refractivity contribution in [2.75, 3.05) is 20.2 Å². The second kappa shape index (κ2) is 5.69. The summed E-state index contributed by atoms with van der Waals surface area (Å²) in [5.41, 5.74) is 0.274. The molecule has 1 unspecified atom stereocenters. The highest BCUT2D eigenvalue weighted by molar-refractivity contribution is 5.29. The molecule has 1 fully saturated rings. The Kier molecular flexibility index (Phi) is 4.22. The van der Waals surface area contributed by atoms with Gasteiger partial charge in [0.1, 0.15) is 5.75 Å². The summed E-state index contributed by atoms with van der Waals surface area (Å²) in [6, 6.07) is 7.40. The number of hydrogen-bond donors (Lipinski definition) is 3. The van der Waals surface area contributed by atoms with Gasteiger partial charge in [-0.2, -0.15) is 0 Å². The third-order valence-corrected chi connectivity index (χ3v) is 3.55. The summed E-state index contributed by atoms with van der Waals surface area (Å²) < 4.78 is 5.12. The fourth-order valence-electron chi connectivity index (χ4n) is 2.17. The highest BCUT2D eigenvalue weighted by atomic mass is 16.5. The lowest BCUT2D eigenvalue weighted by molar-refractivity contribution is -0.0328. The molecule has 1 aliphatic carbocycles. The first kappa shape index (κ1) is 13.3. The van der Waals surface area contributed by atoms with Gasteiger partial charge >= 0.3 is 0 Å². The molecule has 1 aliphatic rings. The van der Waals surface area contributed by atoms with E-state index in [9.17, 15) is 10.2 Å². The zero-order valence-electron chi connectivity index (χ0n) is 10.7. The van der Waals surface area contributed by atoms with Crippen molar-refractivity contribution in [3.63, 3.8) is 0 Å². The summed E-state index contributed by atoms with van der Waals surface area (Å²) in [5.74, 6) is 0.740. The molecule has 0 aliphatic heterocycles. The Balaban J connectivity index is 1.81. The fourth-order valence-corrected chi connectivity index (χ4v) is 2.17. The minimum atomic E-state index is -0.580. The van der Waals surface area contributed by atoms with E-state index in [0.717, 1.165) is 30.6 Å². The molecule has 1 aromatic rings. The zero-order valence-corrected chi connectivity index (χ0v) is 10.7. The van der Waals surface area contributed by atoms with Gasteiger partial charge in [-0.3, -0.25) is 0 Å².